The van der Waals surface area contributed by atoms with Crippen molar-refractivity contribution < 1.29 is 17.6 Å². The summed E-state index contributed by atoms with van der Waals surface area (Å²) in [5.74, 6) is -0.694. The molecule has 0 bridgehead atoms. The summed E-state index contributed by atoms with van der Waals surface area (Å²) in [5.41, 5.74) is 1.17. The van der Waals surface area contributed by atoms with E-state index in [-0.39, 0.29) is 29.8 Å². The van der Waals surface area contributed by atoms with Crippen molar-refractivity contribution in [2.75, 3.05) is 19.6 Å². The van der Waals surface area contributed by atoms with Crippen molar-refractivity contribution in [3.05, 3.63) is 64.9 Å². The lowest BCUT2D eigenvalue weighted by molar-refractivity contribution is -0.126. The number of rotatable bonds is 7. The Bertz CT molecular complexity index is 925. The van der Waals surface area contributed by atoms with Crippen LogP contribution in [0.3, 0.4) is 0 Å². The molecule has 0 radical (unpaired) electrons. The van der Waals surface area contributed by atoms with Gasteiger partial charge in [-0.05, 0) is 67.6 Å². The number of nitrogens with one attached hydrogen (secondary N) is 1. The first kappa shape index (κ1) is 21.7. The molecule has 0 aliphatic carbocycles. The largest absolute Gasteiger partial charge is 0.356 e. The van der Waals surface area contributed by atoms with E-state index in [0.717, 1.165) is 25.0 Å². The van der Waals surface area contributed by atoms with E-state index in [0.29, 0.717) is 24.4 Å². The second kappa shape index (κ2) is 9.69. The maximum atomic E-state index is 13.0. The monoisotopic (exact) mass is 438 g/mol. The number of carbonyl (C=O) groups excluding carboxylic acids is 1. The molecule has 1 saturated heterocycles. The van der Waals surface area contributed by atoms with Gasteiger partial charge in [-0.3, -0.25) is 4.79 Å². The van der Waals surface area contributed by atoms with Crippen LogP contribution in [0.4, 0.5) is 4.39 Å². The summed E-state index contributed by atoms with van der Waals surface area (Å²) in [4.78, 5) is 12.5. The summed E-state index contributed by atoms with van der Waals surface area (Å²) in [6.07, 6.45) is 2.63. The van der Waals surface area contributed by atoms with Crippen LogP contribution < -0.4 is 5.32 Å². The highest BCUT2D eigenvalue weighted by molar-refractivity contribution is 7.89. The summed E-state index contributed by atoms with van der Waals surface area (Å²) >= 11 is 5.87. The molecule has 1 amide bonds. The van der Waals surface area contributed by atoms with E-state index in [1.165, 1.54) is 22.0 Å². The van der Waals surface area contributed by atoms with E-state index in [9.17, 15) is 17.6 Å². The fourth-order valence-electron chi connectivity index (χ4n) is 3.41. The molecule has 1 heterocycles. The molecule has 2 aromatic rings. The Balaban J connectivity index is 1.43. The van der Waals surface area contributed by atoms with Crippen LogP contribution >= 0.6 is 11.6 Å². The summed E-state index contributed by atoms with van der Waals surface area (Å²) < 4.78 is 39.7. The lowest BCUT2D eigenvalue weighted by Crippen LogP contribution is -2.43. The van der Waals surface area contributed by atoms with Gasteiger partial charge >= 0.3 is 0 Å². The highest BCUT2D eigenvalue weighted by atomic mass is 35.5. The maximum absolute atomic E-state index is 13.0. The number of hydrogen-bond donors (Lipinski definition) is 1. The van der Waals surface area contributed by atoms with Crippen molar-refractivity contribution in [3.8, 4) is 0 Å². The molecule has 5 nitrogen and oxygen atoms in total. The van der Waals surface area contributed by atoms with Crippen LogP contribution in [0, 0.1) is 11.7 Å². The van der Waals surface area contributed by atoms with Crippen LogP contribution in [0.1, 0.15) is 24.8 Å². The fraction of sp³-hybridized carbons (Fsp3) is 0.381. The number of hydrogen-bond acceptors (Lipinski definition) is 3. The molecule has 0 atom stereocenters. The summed E-state index contributed by atoms with van der Waals surface area (Å²) in [5, 5.41) is 3.65. The summed E-state index contributed by atoms with van der Waals surface area (Å²) in [7, 11) is -3.66. The Kier molecular flexibility index (Phi) is 7.27. The molecule has 1 aliphatic heterocycles. The first-order chi connectivity index (χ1) is 13.9. The zero-order chi connectivity index (χ0) is 20.9. The van der Waals surface area contributed by atoms with Crippen LogP contribution in [0.2, 0.25) is 5.02 Å². The quantitative estimate of drug-likeness (QED) is 0.671. The van der Waals surface area contributed by atoms with E-state index >= 15 is 0 Å². The van der Waals surface area contributed by atoms with Crippen LogP contribution in [-0.2, 0) is 21.2 Å². The van der Waals surface area contributed by atoms with Gasteiger partial charge in [0.05, 0.1) is 4.90 Å². The van der Waals surface area contributed by atoms with Gasteiger partial charge in [-0.25, -0.2) is 12.8 Å². The topological polar surface area (TPSA) is 66.5 Å². The lowest BCUT2D eigenvalue weighted by atomic mass is 9.97. The molecule has 0 unspecified atom stereocenters. The number of piperidine rings is 1. The smallest absolute Gasteiger partial charge is 0.243 e. The van der Waals surface area contributed by atoms with Gasteiger partial charge in [0.2, 0.25) is 15.9 Å². The second-order valence-electron chi connectivity index (χ2n) is 7.15. The number of amides is 1. The van der Waals surface area contributed by atoms with Crippen LogP contribution in [0.5, 0.6) is 0 Å². The van der Waals surface area contributed by atoms with Crippen molar-refractivity contribution in [1.29, 1.82) is 0 Å². The van der Waals surface area contributed by atoms with Crippen LogP contribution in [0.15, 0.2) is 53.4 Å². The second-order valence-corrected chi connectivity index (χ2v) is 9.53. The van der Waals surface area contributed by atoms with Crippen molar-refractivity contribution in [2.45, 2.75) is 30.6 Å². The number of nitrogens with zero attached hydrogens (tertiary/aromatic N) is 1. The zero-order valence-electron chi connectivity index (χ0n) is 16.0. The molecule has 0 saturated carbocycles. The Morgan fingerprint density at radius 3 is 2.31 bits per heavy atom. The number of carbonyl (C=O) groups is 1. The third kappa shape index (κ3) is 5.78. The van der Waals surface area contributed by atoms with E-state index in [1.807, 2.05) is 24.3 Å². The third-order valence-electron chi connectivity index (χ3n) is 5.13. The first-order valence-electron chi connectivity index (χ1n) is 9.64. The molecule has 2 aromatic carbocycles. The molecule has 156 valence electrons. The standard InChI is InChI=1S/C21H24ClFN2O3S/c22-18-5-3-16(4-6-18)2-1-13-24-21(26)17-11-14-25(15-12-17)29(27,28)20-9-7-19(23)8-10-20/h3-10,17H,1-2,11-15H2,(H,24,26). The molecule has 0 spiro atoms. The van der Waals surface area contributed by atoms with Crippen molar-refractivity contribution >= 4 is 27.5 Å². The predicted molar refractivity (Wildman–Crippen MR) is 111 cm³/mol. The Morgan fingerprint density at radius 1 is 1.07 bits per heavy atom. The molecular formula is C21H24ClFN2O3S. The predicted octanol–water partition coefficient (Wildman–Crippen LogP) is 3.63. The average Bonchev–Trinajstić information content (AvgIpc) is 2.73. The van der Waals surface area contributed by atoms with E-state index in [2.05, 4.69) is 5.32 Å². The third-order valence-corrected chi connectivity index (χ3v) is 7.30. The highest BCUT2D eigenvalue weighted by Gasteiger charge is 2.31. The van der Waals surface area contributed by atoms with Gasteiger partial charge in [0.1, 0.15) is 5.82 Å². The van der Waals surface area contributed by atoms with Crippen LogP contribution in [0.25, 0.3) is 0 Å². The Labute approximate surface area is 175 Å². The minimum absolute atomic E-state index is 0.0278. The van der Waals surface area contributed by atoms with E-state index < -0.39 is 15.8 Å². The van der Waals surface area contributed by atoms with Crippen molar-refractivity contribution in [1.82, 2.24) is 9.62 Å². The minimum Gasteiger partial charge on any atom is -0.356 e. The fourth-order valence-corrected chi connectivity index (χ4v) is 5.01. The Hall–Kier alpha value is -1.96. The van der Waals surface area contributed by atoms with Gasteiger partial charge in [-0.15, -0.1) is 0 Å². The average molecular weight is 439 g/mol. The minimum atomic E-state index is -3.66. The van der Waals surface area contributed by atoms with Gasteiger partial charge in [-0.2, -0.15) is 4.31 Å². The summed E-state index contributed by atoms with van der Waals surface area (Å²) in [6, 6.07) is 12.5. The van der Waals surface area contributed by atoms with E-state index in [1.54, 1.807) is 0 Å². The normalized spacial score (nSPS) is 15.9. The molecule has 29 heavy (non-hydrogen) atoms. The van der Waals surface area contributed by atoms with Crippen LogP contribution in [-0.4, -0.2) is 38.3 Å². The first-order valence-corrected chi connectivity index (χ1v) is 11.5. The highest BCUT2D eigenvalue weighted by Crippen LogP contribution is 2.24. The Morgan fingerprint density at radius 2 is 1.69 bits per heavy atom. The van der Waals surface area contributed by atoms with Gasteiger partial charge < -0.3 is 5.32 Å². The molecule has 8 heteroatoms. The lowest BCUT2D eigenvalue weighted by Gasteiger charge is -2.30. The van der Waals surface area contributed by atoms with Crippen molar-refractivity contribution in [3.63, 3.8) is 0 Å². The van der Waals surface area contributed by atoms with Gasteiger partial charge in [0, 0.05) is 30.6 Å². The molecule has 0 aromatic heterocycles. The molecule has 1 N–H and O–H groups in total. The van der Waals surface area contributed by atoms with Gasteiger partial charge in [-0.1, -0.05) is 23.7 Å². The van der Waals surface area contributed by atoms with Gasteiger partial charge in [0.15, 0.2) is 0 Å². The van der Waals surface area contributed by atoms with E-state index in [4.69, 9.17) is 11.6 Å². The van der Waals surface area contributed by atoms with Gasteiger partial charge in [0.25, 0.3) is 0 Å². The van der Waals surface area contributed by atoms with Crippen molar-refractivity contribution in [2.24, 2.45) is 5.92 Å². The number of sulfonamides is 1. The number of aryl methyl sites for hydroxylation is 1. The molecule has 1 aliphatic rings. The SMILES string of the molecule is O=C(NCCCc1ccc(Cl)cc1)C1CCN(S(=O)(=O)c2ccc(F)cc2)CC1. The maximum Gasteiger partial charge on any atom is 0.243 e. The number of benzene rings is 2. The zero-order valence-corrected chi connectivity index (χ0v) is 17.6. The number of halogens is 2. The molecule has 3 rings (SSSR count). The molecular weight excluding hydrogens is 415 g/mol. The summed E-state index contributed by atoms with van der Waals surface area (Å²) in [6.45, 7) is 1.14. The molecule has 1 fully saturated rings.